The first-order valence-electron chi connectivity index (χ1n) is 7.16. The monoisotopic (exact) mass is 345 g/mol. The smallest absolute Gasteiger partial charge is 0.313 e. The van der Waals surface area contributed by atoms with Crippen LogP contribution in [-0.4, -0.2) is 24.3 Å². The van der Waals surface area contributed by atoms with Crippen LogP contribution in [0.2, 0.25) is 5.02 Å². The number of benzene rings is 2. The van der Waals surface area contributed by atoms with Crippen LogP contribution in [0.15, 0.2) is 48.5 Å². The molecule has 0 unspecified atom stereocenters. The van der Waals surface area contributed by atoms with Gasteiger partial charge in [-0.1, -0.05) is 29.8 Å². The summed E-state index contributed by atoms with van der Waals surface area (Å²) in [5, 5.41) is 7.85. The molecule has 0 saturated carbocycles. The molecule has 0 aliphatic rings. The van der Waals surface area contributed by atoms with Crippen LogP contribution in [0.5, 0.6) is 0 Å². The van der Waals surface area contributed by atoms with Crippen molar-refractivity contribution in [3.63, 3.8) is 0 Å². The van der Waals surface area contributed by atoms with Gasteiger partial charge < -0.3 is 16.0 Å². The lowest BCUT2D eigenvalue weighted by Crippen LogP contribution is -2.39. The molecule has 0 spiro atoms. The molecule has 24 heavy (non-hydrogen) atoms. The number of nitrogens with one attached hydrogen (secondary N) is 3. The second-order valence-corrected chi connectivity index (χ2v) is 5.44. The molecule has 2 rings (SSSR count). The SMILES string of the molecule is Cc1ccccc1NC(=O)CNC(=O)C(=O)Nc1ccc(Cl)cc1. The van der Waals surface area contributed by atoms with Crippen molar-refractivity contribution in [3.8, 4) is 0 Å². The number of para-hydroxylation sites is 1. The van der Waals surface area contributed by atoms with Gasteiger partial charge in [0.2, 0.25) is 5.91 Å². The van der Waals surface area contributed by atoms with Crippen molar-refractivity contribution in [2.75, 3.05) is 17.2 Å². The molecule has 0 fully saturated rings. The van der Waals surface area contributed by atoms with Crippen molar-refractivity contribution in [1.82, 2.24) is 5.32 Å². The van der Waals surface area contributed by atoms with E-state index in [4.69, 9.17) is 11.6 Å². The lowest BCUT2D eigenvalue weighted by molar-refractivity contribution is -0.136. The number of hydrogen-bond acceptors (Lipinski definition) is 3. The molecule has 0 atom stereocenters. The summed E-state index contributed by atoms with van der Waals surface area (Å²) in [5.74, 6) is -2.18. The Kier molecular flexibility index (Phi) is 5.92. The maximum absolute atomic E-state index is 11.8. The molecule has 2 aromatic carbocycles. The van der Waals surface area contributed by atoms with E-state index in [2.05, 4.69) is 16.0 Å². The molecule has 0 bridgehead atoms. The highest BCUT2D eigenvalue weighted by molar-refractivity contribution is 6.40. The van der Waals surface area contributed by atoms with Gasteiger partial charge in [0, 0.05) is 16.4 Å². The van der Waals surface area contributed by atoms with Crippen molar-refractivity contribution in [2.24, 2.45) is 0 Å². The molecule has 124 valence electrons. The highest BCUT2D eigenvalue weighted by Crippen LogP contribution is 2.13. The Morgan fingerprint density at radius 2 is 1.58 bits per heavy atom. The van der Waals surface area contributed by atoms with Gasteiger partial charge in [0.05, 0.1) is 6.54 Å². The van der Waals surface area contributed by atoms with Crippen LogP contribution in [0.3, 0.4) is 0 Å². The second-order valence-electron chi connectivity index (χ2n) is 5.01. The third-order valence-corrected chi connectivity index (χ3v) is 3.39. The van der Waals surface area contributed by atoms with E-state index in [1.54, 1.807) is 36.4 Å². The first-order valence-corrected chi connectivity index (χ1v) is 7.54. The topological polar surface area (TPSA) is 87.3 Å². The maximum atomic E-state index is 11.8. The van der Waals surface area contributed by atoms with E-state index in [-0.39, 0.29) is 6.54 Å². The minimum atomic E-state index is -0.898. The lowest BCUT2D eigenvalue weighted by atomic mass is 10.2. The molecular weight excluding hydrogens is 330 g/mol. The van der Waals surface area contributed by atoms with Gasteiger partial charge in [-0.2, -0.15) is 0 Å². The van der Waals surface area contributed by atoms with Gasteiger partial charge in [-0.3, -0.25) is 14.4 Å². The van der Waals surface area contributed by atoms with Crippen molar-refractivity contribution in [3.05, 3.63) is 59.1 Å². The summed E-state index contributed by atoms with van der Waals surface area (Å²) in [4.78, 5) is 35.3. The van der Waals surface area contributed by atoms with E-state index in [9.17, 15) is 14.4 Å². The van der Waals surface area contributed by atoms with E-state index in [1.165, 1.54) is 0 Å². The fraction of sp³-hybridized carbons (Fsp3) is 0.118. The average molecular weight is 346 g/mol. The number of carbonyl (C=O) groups is 3. The Morgan fingerprint density at radius 1 is 0.917 bits per heavy atom. The average Bonchev–Trinajstić information content (AvgIpc) is 2.57. The van der Waals surface area contributed by atoms with Crippen LogP contribution in [-0.2, 0) is 14.4 Å². The van der Waals surface area contributed by atoms with Crippen molar-refractivity contribution >= 4 is 40.7 Å². The molecular formula is C17H16ClN3O3. The van der Waals surface area contributed by atoms with E-state index in [0.717, 1.165) is 5.56 Å². The number of aryl methyl sites for hydroxylation is 1. The summed E-state index contributed by atoms with van der Waals surface area (Å²) in [6, 6.07) is 13.6. The van der Waals surface area contributed by atoms with Crippen molar-refractivity contribution < 1.29 is 14.4 Å². The summed E-state index contributed by atoms with van der Waals surface area (Å²) in [5.41, 5.74) is 1.99. The van der Waals surface area contributed by atoms with Gasteiger partial charge in [0.25, 0.3) is 0 Å². The van der Waals surface area contributed by atoms with Gasteiger partial charge in [-0.15, -0.1) is 0 Å². The largest absolute Gasteiger partial charge is 0.339 e. The number of hydrogen-bond donors (Lipinski definition) is 3. The lowest BCUT2D eigenvalue weighted by Gasteiger charge is -2.09. The summed E-state index contributed by atoms with van der Waals surface area (Å²) < 4.78 is 0. The molecule has 7 heteroatoms. The maximum Gasteiger partial charge on any atom is 0.313 e. The van der Waals surface area contributed by atoms with Gasteiger partial charge in [-0.25, -0.2) is 0 Å². The second kappa shape index (κ2) is 8.12. The zero-order valence-electron chi connectivity index (χ0n) is 12.9. The summed E-state index contributed by atoms with van der Waals surface area (Å²) in [6.45, 7) is 1.55. The standard InChI is InChI=1S/C17H16ClN3O3/c1-11-4-2-3-5-14(11)21-15(22)10-19-16(23)17(24)20-13-8-6-12(18)7-9-13/h2-9H,10H2,1H3,(H,19,23)(H,20,24)(H,21,22). The summed E-state index contributed by atoms with van der Waals surface area (Å²) in [7, 11) is 0. The number of halogens is 1. The molecule has 0 aliphatic carbocycles. The first kappa shape index (κ1) is 17.5. The molecule has 0 aromatic heterocycles. The molecule has 6 nitrogen and oxygen atoms in total. The minimum absolute atomic E-state index is 0.304. The van der Waals surface area contributed by atoms with E-state index in [1.807, 2.05) is 19.1 Å². The van der Waals surface area contributed by atoms with Crippen LogP contribution in [0.4, 0.5) is 11.4 Å². The highest BCUT2D eigenvalue weighted by Gasteiger charge is 2.15. The van der Waals surface area contributed by atoms with Gasteiger partial charge in [-0.05, 0) is 42.8 Å². The van der Waals surface area contributed by atoms with E-state index in [0.29, 0.717) is 16.4 Å². The molecule has 0 aliphatic heterocycles. The van der Waals surface area contributed by atoms with E-state index >= 15 is 0 Å². The Labute approximate surface area is 144 Å². The van der Waals surface area contributed by atoms with Crippen LogP contribution >= 0.6 is 11.6 Å². The van der Waals surface area contributed by atoms with Gasteiger partial charge in [0.1, 0.15) is 0 Å². The van der Waals surface area contributed by atoms with Gasteiger partial charge >= 0.3 is 11.8 Å². The Bertz CT molecular complexity index is 760. The fourth-order valence-corrected chi connectivity index (χ4v) is 2.00. The normalized spacial score (nSPS) is 9.92. The van der Waals surface area contributed by atoms with Crippen molar-refractivity contribution in [1.29, 1.82) is 0 Å². The number of anilines is 2. The minimum Gasteiger partial charge on any atom is -0.339 e. The third-order valence-electron chi connectivity index (χ3n) is 3.14. The van der Waals surface area contributed by atoms with E-state index < -0.39 is 17.7 Å². The Morgan fingerprint density at radius 3 is 2.25 bits per heavy atom. The summed E-state index contributed by atoms with van der Waals surface area (Å²) >= 11 is 5.74. The molecule has 2 aromatic rings. The van der Waals surface area contributed by atoms with Crippen LogP contribution in [0.25, 0.3) is 0 Å². The fourth-order valence-electron chi connectivity index (χ4n) is 1.87. The Hall–Kier alpha value is -2.86. The molecule has 3 N–H and O–H groups in total. The Balaban J connectivity index is 1.81. The molecule has 0 heterocycles. The number of amides is 3. The zero-order chi connectivity index (χ0) is 17.5. The highest BCUT2D eigenvalue weighted by atomic mass is 35.5. The predicted octanol–water partition coefficient (Wildman–Crippen LogP) is 2.34. The number of carbonyl (C=O) groups excluding carboxylic acids is 3. The first-order chi connectivity index (χ1) is 11.5. The molecule has 0 saturated heterocycles. The van der Waals surface area contributed by atoms with Crippen LogP contribution in [0.1, 0.15) is 5.56 Å². The van der Waals surface area contributed by atoms with Crippen molar-refractivity contribution in [2.45, 2.75) is 6.92 Å². The van der Waals surface area contributed by atoms with Crippen LogP contribution in [0, 0.1) is 6.92 Å². The zero-order valence-corrected chi connectivity index (χ0v) is 13.7. The quantitative estimate of drug-likeness (QED) is 0.743. The molecule has 3 amide bonds. The third kappa shape index (κ3) is 5.10. The summed E-state index contributed by atoms with van der Waals surface area (Å²) in [6.07, 6.45) is 0. The molecule has 0 radical (unpaired) electrons. The van der Waals surface area contributed by atoms with Crippen LogP contribution < -0.4 is 16.0 Å². The predicted molar refractivity (Wildman–Crippen MR) is 92.9 cm³/mol. The number of rotatable bonds is 4. The van der Waals surface area contributed by atoms with Gasteiger partial charge in [0.15, 0.2) is 0 Å².